The Kier molecular flexibility index (Phi) is 5.18. The minimum Gasteiger partial charge on any atom is -0.287 e. The number of pyridine rings is 1. The molecule has 0 unspecified atom stereocenters. The van der Waals surface area contributed by atoms with Crippen LogP contribution < -0.4 is 0 Å². The van der Waals surface area contributed by atoms with E-state index in [-0.39, 0.29) is 22.1 Å². The van der Waals surface area contributed by atoms with Crippen molar-refractivity contribution in [2.45, 2.75) is 6.92 Å². The van der Waals surface area contributed by atoms with Gasteiger partial charge in [-0.25, -0.2) is 9.07 Å². The van der Waals surface area contributed by atoms with E-state index >= 15 is 0 Å². The van der Waals surface area contributed by atoms with Gasteiger partial charge in [0.2, 0.25) is 5.78 Å². The summed E-state index contributed by atoms with van der Waals surface area (Å²) >= 11 is 11.9. The van der Waals surface area contributed by atoms with Crippen molar-refractivity contribution in [3.8, 4) is 16.8 Å². The van der Waals surface area contributed by atoms with Gasteiger partial charge in [-0.05, 0) is 61.5 Å². The first-order valence-electron chi connectivity index (χ1n) is 8.71. The Balaban J connectivity index is 2.00. The lowest BCUT2D eigenvalue weighted by molar-refractivity contribution is 0.103. The molecule has 0 amide bonds. The minimum absolute atomic E-state index is 0.235. The number of ketones is 1. The summed E-state index contributed by atoms with van der Waals surface area (Å²) in [6.07, 6.45) is 3.05. The summed E-state index contributed by atoms with van der Waals surface area (Å²) in [6.45, 7) is 1.73. The number of carbonyl (C=O) groups excluding carboxylic acids is 1. The van der Waals surface area contributed by atoms with Crippen LogP contribution in [0.1, 0.15) is 21.7 Å². The molecule has 0 atom stereocenters. The lowest BCUT2D eigenvalue weighted by atomic mass is 9.98. The highest BCUT2D eigenvalue weighted by Crippen LogP contribution is 2.34. The molecule has 4 nitrogen and oxygen atoms in total. The lowest BCUT2D eigenvalue weighted by Crippen LogP contribution is -2.11. The second-order valence-corrected chi connectivity index (χ2v) is 7.27. The van der Waals surface area contributed by atoms with E-state index in [9.17, 15) is 9.18 Å². The number of rotatable bonds is 4. The minimum atomic E-state index is -0.531. The molecule has 2 aromatic carbocycles. The molecule has 0 aliphatic rings. The van der Waals surface area contributed by atoms with Crippen molar-refractivity contribution in [3.63, 3.8) is 0 Å². The van der Waals surface area contributed by atoms with E-state index in [2.05, 4.69) is 10.1 Å². The third-order valence-electron chi connectivity index (χ3n) is 4.47. The fourth-order valence-corrected chi connectivity index (χ4v) is 3.44. The van der Waals surface area contributed by atoms with E-state index in [0.29, 0.717) is 27.5 Å². The Morgan fingerprint density at radius 2 is 1.76 bits per heavy atom. The van der Waals surface area contributed by atoms with Gasteiger partial charge in [-0.2, -0.15) is 5.10 Å². The SMILES string of the molecule is Cc1nn(-c2ccc(Cl)cc2)c(C(=O)c2cccnc2)c1-c1ccc(Cl)cc1F. The highest BCUT2D eigenvalue weighted by Gasteiger charge is 2.26. The van der Waals surface area contributed by atoms with Gasteiger partial charge in [-0.1, -0.05) is 23.2 Å². The maximum Gasteiger partial charge on any atom is 0.213 e. The molecule has 4 rings (SSSR count). The average Bonchev–Trinajstić information content (AvgIpc) is 3.05. The van der Waals surface area contributed by atoms with Crippen LogP contribution in [0.4, 0.5) is 4.39 Å². The van der Waals surface area contributed by atoms with Gasteiger partial charge in [0, 0.05) is 39.1 Å². The maximum absolute atomic E-state index is 14.8. The summed E-state index contributed by atoms with van der Waals surface area (Å²) in [6, 6.07) is 14.6. The highest BCUT2D eigenvalue weighted by atomic mass is 35.5. The lowest BCUT2D eigenvalue weighted by Gasteiger charge is -2.10. The summed E-state index contributed by atoms with van der Waals surface area (Å²) in [4.78, 5) is 17.4. The normalized spacial score (nSPS) is 10.9. The molecule has 0 spiro atoms. The van der Waals surface area contributed by atoms with Crippen LogP contribution in [-0.2, 0) is 0 Å². The monoisotopic (exact) mass is 425 g/mol. The van der Waals surface area contributed by atoms with Crippen LogP contribution in [-0.4, -0.2) is 20.5 Å². The predicted molar refractivity (Wildman–Crippen MR) is 111 cm³/mol. The molecular weight excluding hydrogens is 412 g/mol. The van der Waals surface area contributed by atoms with Crippen molar-refractivity contribution in [3.05, 3.63) is 99.8 Å². The molecule has 2 heterocycles. The number of benzene rings is 2. The van der Waals surface area contributed by atoms with Gasteiger partial charge in [-0.3, -0.25) is 9.78 Å². The van der Waals surface area contributed by atoms with Gasteiger partial charge in [0.05, 0.1) is 11.4 Å². The highest BCUT2D eigenvalue weighted by molar-refractivity contribution is 6.31. The van der Waals surface area contributed by atoms with Crippen LogP contribution in [0.5, 0.6) is 0 Å². The van der Waals surface area contributed by atoms with Gasteiger partial charge in [0.1, 0.15) is 11.5 Å². The number of aryl methyl sites for hydroxylation is 1. The van der Waals surface area contributed by atoms with E-state index < -0.39 is 5.82 Å². The van der Waals surface area contributed by atoms with Gasteiger partial charge in [0.25, 0.3) is 0 Å². The van der Waals surface area contributed by atoms with Gasteiger partial charge in [-0.15, -0.1) is 0 Å². The average molecular weight is 426 g/mol. The Morgan fingerprint density at radius 1 is 1.03 bits per heavy atom. The molecule has 144 valence electrons. The number of carbonyl (C=O) groups is 1. The fourth-order valence-electron chi connectivity index (χ4n) is 3.15. The van der Waals surface area contributed by atoms with Gasteiger partial charge >= 0.3 is 0 Å². The molecule has 0 N–H and O–H groups in total. The Hall–Kier alpha value is -3.02. The quantitative estimate of drug-likeness (QED) is 0.381. The summed E-state index contributed by atoms with van der Waals surface area (Å²) < 4.78 is 16.3. The van der Waals surface area contributed by atoms with Crippen LogP contribution in [0, 0.1) is 12.7 Å². The number of halogens is 3. The van der Waals surface area contributed by atoms with E-state index in [1.807, 2.05) is 0 Å². The molecule has 0 aliphatic heterocycles. The third kappa shape index (κ3) is 3.67. The number of hydrogen-bond donors (Lipinski definition) is 0. The first-order valence-corrected chi connectivity index (χ1v) is 9.47. The molecule has 0 bridgehead atoms. The van der Waals surface area contributed by atoms with Crippen LogP contribution in [0.2, 0.25) is 10.0 Å². The van der Waals surface area contributed by atoms with E-state index in [4.69, 9.17) is 23.2 Å². The first-order chi connectivity index (χ1) is 14.0. The van der Waals surface area contributed by atoms with Crippen LogP contribution in [0.3, 0.4) is 0 Å². The summed E-state index contributed by atoms with van der Waals surface area (Å²) in [5.41, 5.74) is 2.40. The van der Waals surface area contributed by atoms with Gasteiger partial charge in [0.15, 0.2) is 0 Å². The van der Waals surface area contributed by atoms with Crippen LogP contribution in [0.25, 0.3) is 16.8 Å². The zero-order valence-corrected chi connectivity index (χ0v) is 16.7. The van der Waals surface area contributed by atoms with Crippen LogP contribution in [0.15, 0.2) is 67.0 Å². The van der Waals surface area contributed by atoms with Crippen molar-refractivity contribution < 1.29 is 9.18 Å². The number of hydrogen-bond acceptors (Lipinski definition) is 3. The standard InChI is InChI=1S/C22H14Cl2FN3O/c1-13-20(18-9-6-16(24)11-19(18)25)21(22(29)14-3-2-10-26-12-14)28(27-13)17-7-4-15(23)5-8-17/h2-12H,1H3. The van der Waals surface area contributed by atoms with E-state index in [0.717, 1.165) is 0 Å². The zero-order valence-electron chi connectivity index (χ0n) is 15.2. The molecule has 4 aromatic rings. The molecule has 0 saturated carbocycles. The van der Waals surface area contributed by atoms with E-state index in [1.165, 1.54) is 16.9 Å². The Morgan fingerprint density at radius 3 is 2.41 bits per heavy atom. The Labute approximate surface area is 176 Å². The fraction of sp³-hybridized carbons (Fsp3) is 0.0455. The molecule has 2 aromatic heterocycles. The molecule has 0 fully saturated rings. The molecule has 0 aliphatic carbocycles. The molecule has 0 radical (unpaired) electrons. The van der Waals surface area contributed by atoms with Crippen molar-refractivity contribution in [1.29, 1.82) is 0 Å². The summed E-state index contributed by atoms with van der Waals surface area (Å²) in [5, 5.41) is 5.36. The Bertz CT molecular complexity index is 1200. The predicted octanol–water partition coefficient (Wildman–Crippen LogP) is 5.92. The smallest absolute Gasteiger partial charge is 0.213 e. The number of aromatic nitrogens is 3. The molecule has 0 saturated heterocycles. The van der Waals surface area contributed by atoms with E-state index in [1.54, 1.807) is 61.7 Å². The van der Waals surface area contributed by atoms with Crippen molar-refractivity contribution in [2.24, 2.45) is 0 Å². The van der Waals surface area contributed by atoms with Crippen molar-refractivity contribution in [2.75, 3.05) is 0 Å². The van der Waals surface area contributed by atoms with Crippen molar-refractivity contribution in [1.82, 2.24) is 14.8 Å². The topological polar surface area (TPSA) is 47.8 Å². The number of nitrogens with zero attached hydrogens (tertiary/aromatic N) is 3. The van der Waals surface area contributed by atoms with Crippen LogP contribution >= 0.6 is 23.2 Å². The third-order valence-corrected chi connectivity index (χ3v) is 4.96. The molecule has 7 heteroatoms. The summed E-state index contributed by atoms with van der Waals surface area (Å²) in [5.74, 6) is -0.852. The first kappa shape index (κ1) is 19.3. The zero-order chi connectivity index (χ0) is 20.5. The maximum atomic E-state index is 14.8. The second-order valence-electron chi connectivity index (χ2n) is 6.39. The van der Waals surface area contributed by atoms with Gasteiger partial charge < -0.3 is 0 Å². The molecular formula is C22H14Cl2FN3O. The summed E-state index contributed by atoms with van der Waals surface area (Å²) in [7, 11) is 0. The molecule has 29 heavy (non-hydrogen) atoms. The second kappa shape index (κ2) is 7.78. The van der Waals surface area contributed by atoms with Crippen molar-refractivity contribution >= 4 is 29.0 Å². The largest absolute Gasteiger partial charge is 0.287 e.